The fraction of sp³-hybridized carbons (Fsp3) is 0.364. The molecule has 236 valence electrons. The van der Waals surface area contributed by atoms with Crippen molar-refractivity contribution in [1.29, 1.82) is 0 Å². The number of anilines is 1. The molecule has 0 bridgehead atoms. The normalized spacial score (nSPS) is 13.2. The molecule has 0 saturated carbocycles. The van der Waals surface area contributed by atoms with Gasteiger partial charge in [-0.15, -0.1) is 0 Å². The number of aromatic nitrogens is 5. The summed E-state index contributed by atoms with van der Waals surface area (Å²) in [6.07, 6.45) is 7.64. The van der Waals surface area contributed by atoms with E-state index in [4.69, 9.17) is 9.47 Å². The second kappa shape index (κ2) is 12.6. The minimum atomic E-state index is -0.643. The Kier molecular flexibility index (Phi) is 8.97. The van der Waals surface area contributed by atoms with Crippen LogP contribution in [0, 0.1) is 5.82 Å². The molecule has 5 aromatic rings. The average molecular weight is 680 g/mol. The van der Waals surface area contributed by atoms with E-state index in [0.717, 1.165) is 36.7 Å². The molecule has 0 radical (unpaired) electrons. The summed E-state index contributed by atoms with van der Waals surface area (Å²) in [4.78, 5) is 32.9. The Morgan fingerprint density at radius 2 is 1.67 bits per heavy atom. The van der Waals surface area contributed by atoms with E-state index in [9.17, 15) is 14.0 Å². The molecule has 0 spiro atoms. The van der Waals surface area contributed by atoms with Crippen molar-refractivity contribution in [2.45, 2.75) is 78.4 Å². The van der Waals surface area contributed by atoms with E-state index in [1.54, 1.807) is 37.6 Å². The molecule has 1 N–H and O–H groups in total. The molecule has 45 heavy (non-hydrogen) atoms. The first kappa shape index (κ1) is 32.1. The zero-order chi connectivity index (χ0) is 32.5. The summed E-state index contributed by atoms with van der Waals surface area (Å²) in [6, 6.07) is 11.0. The maximum Gasteiger partial charge on any atom is 0.419 e. The number of rotatable bonds is 2. The third-order valence-corrected chi connectivity index (χ3v) is 7.37. The zero-order valence-electron chi connectivity index (χ0n) is 26.1. The van der Waals surface area contributed by atoms with Crippen LogP contribution < -0.4 is 5.32 Å². The van der Waals surface area contributed by atoms with Crippen LogP contribution in [0.5, 0.6) is 0 Å². The van der Waals surface area contributed by atoms with Gasteiger partial charge in [-0.25, -0.2) is 23.5 Å². The van der Waals surface area contributed by atoms with Crippen LogP contribution in [-0.4, -0.2) is 47.5 Å². The molecule has 0 atom stereocenters. The van der Waals surface area contributed by atoms with Crippen LogP contribution in [-0.2, 0) is 22.3 Å². The Bertz CT molecular complexity index is 1890. The number of para-hydroxylation sites is 1. The van der Waals surface area contributed by atoms with Crippen LogP contribution >= 0.6 is 15.9 Å². The van der Waals surface area contributed by atoms with E-state index < -0.39 is 23.1 Å². The van der Waals surface area contributed by atoms with Crippen LogP contribution in [0.15, 0.2) is 59.5 Å². The number of pyridine rings is 1. The Morgan fingerprint density at radius 3 is 2.38 bits per heavy atom. The lowest BCUT2D eigenvalue weighted by Gasteiger charge is -2.22. The highest BCUT2D eigenvalue weighted by molar-refractivity contribution is 9.10. The molecule has 0 fully saturated rings. The second-order valence-corrected chi connectivity index (χ2v) is 13.6. The Balaban J connectivity index is 0.000000182. The summed E-state index contributed by atoms with van der Waals surface area (Å²) in [5, 5.41) is 8.01. The highest BCUT2D eigenvalue weighted by Crippen LogP contribution is 2.33. The van der Waals surface area contributed by atoms with Crippen molar-refractivity contribution < 1.29 is 23.5 Å². The fourth-order valence-corrected chi connectivity index (χ4v) is 5.49. The number of carbonyl (C=O) groups excluding carboxylic acids is 2. The predicted octanol–water partition coefficient (Wildman–Crippen LogP) is 8.34. The maximum absolute atomic E-state index is 13.5. The number of halogens is 2. The SMILES string of the molecule is CC(C)(C)OC(=O)Nc1cc(-c2cncc(F)c2)nc2c(Br)cnn12.CC(C)(C)OC(=O)n1c2c(c3ccccc31)CCCC2. The van der Waals surface area contributed by atoms with Gasteiger partial charge in [-0.05, 0) is 101 Å². The van der Waals surface area contributed by atoms with E-state index in [-0.39, 0.29) is 6.09 Å². The Morgan fingerprint density at radius 1 is 0.956 bits per heavy atom. The van der Waals surface area contributed by atoms with Crippen LogP contribution in [0.4, 0.5) is 19.8 Å². The monoisotopic (exact) mass is 678 g/mol. The van der Waals surface area contributed by atoms with Crippen molar-refractivity contribution in [3.63, 3.8) is 0 Å². The van der Waals surface area contributed by atoms with Gasteiger partial charge in [0.25, 0.3) is 0 Å². The van der Waals surface area contributed by atoms with Gasteiger partial charge in [-0.3, -0.25) is 10.3 Å². The smallest absolute Gasteiger partial charge is 0.419 e. The van der Waals surface area contributed by atoms with Crippen molar-refractivity contribution >= 4 is 50.5 Å². The van der Waals surface area contributed by atoms with Gasteiger partial charge in [0.2, 0.25) is 0 Å². The molecular weight excluding hydrogens is 643 g/mol. The number of carbonyl (C=O) groups is 2. The second-order valence-electron chi connectivity index (χ2n) is 12.7. The van der Waals surface area contributed by atoms with Gasteiger partial charge in [0, 0.05) is 28.9 Å². The Labute approximate surface area is 269 Å². The number of fused-ring (bicyclic) bond motifs is 4. The number of aryl methyl sites for hydroxylation is 1. The van der Waals surface area contributed by atoms with Crippen molar-refractivity contribution in [2.24, 2.45) is 0 Å². The standard InChI is InChI=1S/C17H21NO2.C16H15BrFN5O2/c1-17(2,3)20-16(19)18-14-10-6-4-8-12(14)13-9-5-7-11-15(13)18;1-16(2,3)25-15(24)22-13-5-12(9-4-10(18)7-19-6-9)21-14-11(17)8-20-23(13)14/h4,6,8,10H,5,7,9,11H2,1-3H3;4-8H,1-3H3,(H,22,24). The number of nitrogens with one attached hydrogen (secondary N) is 1. The lowest BCUT2D eigenvalue weighted by molar-refractivity contribution is 0.0538. The maximum atomic E-state index is 13.5. The molecule has 1 aliphatic rings. The number of nitrogens with zero attached hydrogens (tertiary/aromatic N) is 5. The first-order valence-electron chi connectivity index (χ1n) is 14.7. The van der Waals surface area contributed by atoms with Gasteiger partial charge in [0.1, 0.15) is 22.8 Å². The number of hydrogen-bond donors (Lipinski definition) is 1. The fourth-order valence-electron chi connectivity index (χ4n) is 5.14. The van der Waals surface area contributed by atoms with Crippen molar-refractivity contribution in [3.8, 4) is 11.3 Å². The lowest BCUT2D eigenvalue weighted by Crippen LogP contribution is -2.28. The molecule has 1 aromatic carbocycles. The van der Waals surface area contributed by atoms with Gasteiger partial charge < -0.3 is 9.47 Å². The summed E-state index contributed by atoms with van der Waals surface area (Å²) in [7, 11) is 0. The quantitative estimate of drug-likeness (QED) is 0.200. The number of hydrogen-bond acceptors (Lipinski definition) is 7. The molecule has 10 nitrogen and oxygen atoms in total. The third kappa shape index (κ3) is 7.50. The molecule has 4 aromatic heterocycles. The van der Waals surface area contributed by atoms with Gasteiger partial charge >= 0.3 is 12.2 Å². The highest BCUT2D eigenvalue weighted by Gasteiger charge is 2.26. The number of ether oxygens (including phenoxy) is 2. The van der Waals surface area contributed by atoms with Gasteiger partial charge in [-0.2, -0.15) is 9.61 Å². The third-order valence-electron chi connectivity index (χ3n) is 6.81. The van der Waals surface area contributed by atoms with E-state index in [0.29, 0.717) is 27.2 Å². The van der Waals surface area contributed by atoms with Crippen molar-refractivity contribution in [3.05, 3.63) is 76.5 Å². The predicted molar refractivity (Wildman–Crippen MR) is 174 cm³/mol. The minimum Gasteiger partial charge on any atom is -0.444 e. The summed E-state index contributed by atoms with van der Waals surface area (Å²) in [5.41, 5.74) is 3.72. The molecular formula is C33H36BrFN6O4. The largest absolute Gasteiger partial charge is 0.444 e. The number of benzene rings is 1. The minimum absolute atomic E-state index is 0.253. The summed E-state index contributed by atoms with van der Waals surface area (Å²) >= 11 is 3.36. The molecule has 4 heterocycles. The summed E-state index contributed by atoms with van der Waals surface area (Å²) in [5.74, 6) is -0.141. The lowest BCUT2D eigenvalue weighted by atomic mass is 9.96. The van der Waals surface area contributed by atoms with Gasteiger partial charge in [0.15, 0.2) is 5.65 Å². The van der Waals surface area contributed by atoms with Crippen LogP contribution in [0.25, 0.3) is 27.8 Å². The molecule has 0 aliphatic heterocycles. The Hall–Kier alpha value is -4.32. The summed E-state index contributed by atoms with van der Waals surface area (Å²) in [6.45, 7) is 11.0. The molecule has 0 unspecified atom stereocenters. The molecule has 1 aliphatic carbocycles. The first-order chi connectivity index (χ1) is 21.2. The number of amides is 1. The van der Waals surface area contributed by atoms with Crippen LogP contribution in [0.3, 0.4) is 0 Å². The van der Waals surface area contributed by atoms with Crippen molar-refractivity contribution in [2.75, 3.05) is 5.32 Å². The average Bonchev–Trinajstić information content (AvgIpc) is 3.49. The molecule has 0 saturated heterocycles. The van der Waals surface area contributed by atoms with Crippen molar-refractivity contribution in [1.82, 2.24) is 24.1 Å². The van der Waals surface area contributed by atoms with Gasteiger partial charge in [-0.1, -0.05) is 18.2 Å². The topological polar surface area (TPSA) is 113 Å². The van der Waals surface area contributed by atoms with E-state index in [1.807, 2.05) is 39.0 Å². The van der Waals surface area contributed by atoms with E-state index >= 15 is 0 Å². The van der Waals surface area contributed by atoms with Gasteiger partial charge in [0.05, 0.1) is 28.1 Å². The zero-order valence-corrected chi connectivity index (χ0v) is 27.7. The highest BCUT2D eigenvalue weighted by atomic mass is 79.9. The molecule has 12 heteroatoms. The van der Waals surface area contributed by atoms with Crippen LogP contribution in [0.2, 0.25) is 0 Å². The van der Waals surface area contributed by atoms with E-state index in [1.165, 1.54) is 34.1 Å². The molecule has 1 amide bonds. The molecule has 6 rings (SSSR count). The van der Waals surface area contributed by atoms with Crippen LogP contribution in [0.1, 0.15) is 65.6 Å². The summed E-state index contributed by atoms with van der Waals surface area (Å²) < 4.78 is 28.2. The first-order valence-corrected chi connectivity index (χ1v) is 15.5. The van der Waals surface area contributed by atoms with E-state index in [2.05, 4.69) is 42.4 Å².